The first-order valence-electron chi connectivity index (χ1n) is 12.9. The molecular formula is C33H31NOS2. The van der Waals surface area contributed by atoms with Gasteiger partial charge in [-0.3, -0.25) is 4.79 Å². The fraction of sp³-hybridized carbons (Fsp3) is 0.182. The average Bonchev–Trinajstić information content (AvgIpc) is 3.42. The Morgan fingerprint density at radius 3 is 2.24 bits per heavy atom. The topological polar surface area (TPSA) is 43.1 Å². The molecule has 37 heavy (non-hydrogen) atoms. The number of anilines is 1. The monoisotopic (exact) mass is 521 g/mol. The van der Waals surface area contributed by atoms with Crippen molar-refractivity contribution in [3.8, 4) is 0 Å². The Labute approximate surface area is 226 Å². The maximum atomic E-state index is 11.4. The molecule has 4 aromatic carbocycles. The van der Waals surface area contributed by atoms with Crippen LogP contribution in [0.2, 0.25) is 0 Å². The summed E-state index contributed by atoms with van der Waals surface area (Å²) in [6.07, 6.45) is 3.06. The van der Waals surface area contributed by atoms with Gasteiger partial charge in [-0.2, -0.15) is 0 Å². The molecule has 2 heterocycles. The van der Waals surface area contributed by atoms with E-state index in [1.54, 1.807) is 0 Å². The number of aldehydes is 1. The predicted molar refractivity (Wildman–Crippen MR) is 158 cm³/mol. The van der Waals surface area contributed by atoms with Crippen molar-refractivity contribution >= 4 is 40.2 Å². The number of allylic oxidation sites excluding steroid dienone is 1. The van der Waals surface area contributed by atoms with Crippen LogP contribution in [0.5, 0.6) is 0 Å². The van der Waals surface area contributed by atoms with Crippen molar-refractivity contribution in [1.82, 2.24) is 0 Å². The Morgan fingerprint density at radius 2 is 1.59 bits per heavy atom. The number of nitrogen functional groups attached to an aromatic ring is 1. The van der Waals surface area contributed by atoms with Gasteiger partial charge in [0.25, 0.3) is 0 Å². The van der Waals surface area contributed by atoms with Crippen molar-refractivity contribution in [3.63, 3.8) is 0 Å². The molecule has 4 heteroatoms. The molecule has 2 aliphatic rings. The molecule has 2 N–H and O–H groups in total. The minimum Gasteiger partial charge on any atom is -0.399 e. The smallest absolute Gasteiger partial charge is 0.150 e. The second kappa shape index (κ2) is 9.27. The van der Waals surface area contributed by atoms with Gasteiger partial charge in [-0.1, -0.05) is 55.8 Å². The van der Waals surface area contributed by atoms with Crippen LogP contribution in [0.1, 0.15) is 64.2 Å². The van der Waals surface area contributed by atoms with Crippen LogP contribution in [0.3, 0.4) is 0 Å². The van der Waals surface area contributed by atoms with Gasteiger partial charge in [0.05, 0.1) is 0 Å². The lowest BCUT2D eigenvalue weighted by Gasteiger charge is -2.31. The van der Waals surface area contributed by atoms with Gasteiger partial charge in [0.15, 0.2) is 0 Å². The van der Waals surface area contributed by atoms with Gasteiger partial charge in [-0.05, 0) is 95.0 Å². The van der Waals surface area contributed by atoms with E-state index in [-0.39, 0.29) is 5.92 Å². The van der Waals surface area contributed by atoms with Gasteiger partial charge in [0, 0.05) is 36.8 Å². The molecule has 0 bridgehead atoms. The SMILES string of the molecule is CCCC(c1ccc(C=O)cc1)C(C1=CS2(c3ccc(N)cc3)c3cc(C)cc1c32)c1ccc(S)cc1. The van der Waals surface area contributed by atoms with E-state index in [0.717, 1.165) is 29.7 Å². The highest BCUT2D eigenvalue weighted by molar-refractivity contribution is 8.41. The van der Waals surface area contributed by atoms with Crippen LogP contribution in [0.4, 0.5) is 5.69 Å². The lowest BCUT2D eigenvalue weighted by molar-refractivity contribution is 0.112. The molecule has 0 saturated heterocycles. The van der Waals surface area contributed by atoms with Crippen LogP contribution < -0.4 is 5.73 Å². The highest BCUT2D eigenvalue weighted by Gasteiger charge is 2.53. The van der Waals surface area contributed by atoms with Crippen LogP contribution in [0.25, 0.3) is 5.57 Å². The lowest BCUT2D eigenvalue weighted by atomic mass is 9.73. The zero-order valence-electron chi connectivity index (χ0n) is 21.1. The van der Waals surface area contributed by atoms with E-state index in [1.165, 1.54) is 42.5 Å². The third kappa shape index (κ3) is 3.94. The number of carbonyl (C=O) groups is 1. The van der Waals surface area contributed by atoms with Gasteiger partial charge in [0.1, 0.15) is 6.29 Å². The molecule has 0 aromatic heterocycles. The Kier molecular flexibility index (Phi) is 6.05. The van der Waals surface area contributed by atoms with Crippen molar-refractivity contribution in [3.05, 3.63) is 118 Å². The second-order valence-electron chi connectivity index (χ2n) is 10.2. The van der Waals surface area contributed by atoms with Gasteiger partial charge in [0.2, 0.25) is 0 Å². The van der Waals surface area contributed by atoms with Gasteiger partial charge < -0.3 is 5.73 Å². The van der Waals surface area contributed by atoms with Crippen molar-refractivity contribution in [2.45, 2.75) is 58.1 Å². The molecule has 2 aliphatic heterocycles. The standard InChI is InChI=1S/C33H31NOS2/c1-3-4-28(23-7-5-22(19-35)6-8-23)32(24-9-13-26(36)14-10-24)30-20-37(27-15-11-25(34)12-16-27)31-18-21(2)17-29(30)33(31)37/h5-20,28,32,36H,3-4,34H2,1-2H3. The number of aryl methyl sites for hydroxylation is 1. The molecule has 186 valence electrons. The van der Waals surface area contributed by atoms with Crippen molar-refractivity contribution < 1.29 is 4.79 Å². The molecule has 0 saturated carbocycles. The summed E-state index contributed by atoms with van der Waals surface area (Å²) in [7, 11) is -1.29. The van der Waals surface area contributed by atoms with E-state index in [2.05, 4.69) is 92.5 Å². The lowest BCUT2D eigenvalue weighted by Crippen LogP contribution is -2.14. The zero-order valence-corrected chi connectivity index (χ0v) is 22.9. The largest absolute Gasteiger partial charge is 0.399 e. The highest BCUT2D eigenvalue weighted by Crippen LogP contribution is 2.90. The summed E-state index contributed by atoms with van der Waals surface area (Å²) >= 11 is 4.57. The van der Waals surface area contributed by atoms with Gasteiger partial charge in [-0.25, -0.2) is 0 Å². The molecule has 3 unspecified atom stereocenters. The number of nitrogens with two attached hydrogens (primary N) is 1. The molecule has 3 atom stereocenters. The first-order chi connectivity index (χ1) is 18.0. The molecule has 0 fully saturated rings. The van der Waals surface area contributed by atoms with E-state index in [1.807, 2.05) is 24.3 Å². The number of carbonyl (C=O) groups excluding carboxylic acids is 1. The Balaban J connectivity index is 1.55. The van der Waals surface area contributed by atoms with Crippen LogP contribution >= 0.6 is 22.7 Å². The Morgan fingerprint density at radius 1 is 0.919 bits per heavy atom. The third-order valence-electron chi connectivity index (χ3n) is 7.78. The molecule has 0 spiro atoms. The quantitative estimate of drug-likeness (QED) is 0.105. The van der Waals surface area contributed by atoms with E-state index >= 15 is 0 Å². The van der Waals surface area contributed by atoms with Crippen molar-refractivity contribution in [2.24, 2.45) is 0 Å². The second-order valence-corrected chi connectivity index (χ2v) is 13.6. The fourth-order valence-electron chi connectivity index (χ4n) is 6.05. The van der Waals surface area contributed by atoms with Crippen LogP contribution in [0, 0.1) is 6.92 Å². The molecule has 6 rings (SSSR count). The number of thiol groups is 1. The normalized spacial score (nSPS) is 20.4. The molecule has 2 nitrogen and oxygen atoms in total. The number of hydrogen-bond donors (Lipinski definition) is 2. The fourth-order valence-corrected chi connectivity index (χ4v) is 10.1. The summed E-state index contributed by atoms with van der Waals surface area (Å²) in [6.45, 7) is 4.47. The predicted octanol–water partition coefficient (Wildman–Crippen LogP) is 9.00. The minimum atomic E-state index is -1.29. The number of rotatable bonds is 8. The van der Waals surface area contributed by atoms with Crippen molar-refractivity contribution in [1.29, 1.82) is 0 Å². The Hall–Kier alpha value is -3.21. The minimum absolute atomic E-state index is 0.202. The summed E-state index contributed by atoms with van der Waals surface area (Å²) in [5.74, 6) is 0.493. The van der Waals surface area contributed by atoms with E-state index in [9.17, 15) is 4.79 Å². The summed E-state index contributed by atoms with van der Waals surface area (Å²) in [6, 6.07) is 30.2. The summed E-state index contributed by atoms with van der Waals surface area (Å²) in [5, 5.41) is 2.61. The van der Waals surface area contributed by atoms with Crippen LogP contribution in [-0.4, -0.2) is 6.29 Å². The summed E-state index contributed by atoms with van der Waals surface area (Å²) in [5.41, 5.74) is 14.3. The molecule has 0 amide bonds. The molecule has 4 aromatic rings. The summed E-state index contributed by atoms with van der Waals surface area (Å²) in [4.78, 5) is 16.7. The maximum Gasteiger partial charge on any atom is 0.150 e. The highest BCUT2D eigenvalue weighted by atomic mass is 32.3. The Bertz CT molecular complexity index is 1520. The number of fused-ring (bicyclic) bond motifs is 1. The van der Waals surface area contributed by atoms with Gasteiger partial charge >= 0.3 is 0 Å². The molecule has 0 radical (unpaired) electrons. The third-order valence-corrected chi connectivity index (χ3v) is 11.6. The van der Waals surface area contributed by atoms with E-state index < -0.39 is 10.0 Å². The van der Waals surface area contributed by atoms with E-state index in [4.69, 9.17) is 5.73 Å². The van der Waals surface area contributed by atoms with E-state index in [0.29, 0.717) is 11.5 Å². The van der Waals surface area contributed by atoms with Crippen LogP contribution in [-0.2, 0) is 0 Å². The first-order valence-corrected chi connectivity index (χ1v) is 15.0. The number of benzene rings is 4. The maximum absolute atomic E-state index is 11.4. The molecular weight excluding hydrogens is 491 g/mol. The zero-order chi connectivity index (χ0) is 25.7. The van der Waals surface area contributed by atoms with Crippen molar-refractivity contribution in [2.75, 3.05) is 5.73 Å². The number of hydrogen-bond acceptors (Lipinski definition) is 3. The average molecular weight is 522 g/mol. The first kappa shape index (κ1) is 24.1. The summed E-state index contributed by atoms with van der Waals surface area (Å²) < 4.78 is 0. The molecule has 0 aliphatic carbocycles. The van der Waals surface area contributed by atoms with Crippen LogP contribution in [0.15, 0.2) is 110 Å². The van der Waals surface area contributed by atoms with Gasteiger partial charge in [-0.15, -0.1) is 22.7 Å².